The van der Waals surface area contributed by atoms with Gasteiger partial charge in [-0.3, -0.25) is 0 Å². The molecule has 6 heteroatoms. The average Bonchev–Trinajstić information content (AvgIpc) is 3.25. The maximum atomic E-state index is 11.8. The van der Waals surface area contributed by atoms with Crippen LogP contribution in [0, 0.1) is 23.2 Å². The van der Waals surface area contributed by atoms with E-state index < -0.39 is 5.97 Å². The second-order valence-corrected chi connectivity index (χ2v) is 8.25. The zero-order valence-electron chi connectivity index (χ0n) is 15.7. The van der Waals surface area contributed by atoms with Crippen LogP contribution in [-0.4, -0.2) is 34.9 Å². The molecule has 1 aliphatic heterocycles. The summed E-state index contributed by atoms with van der Waals surface area (Å²) >= 11 is 0. The quantitative estimate of drug-likeness (QED) is 0.659. The molecule has 2 aliphatic carbocycles. The van der Waals surface area contributed by atoms with Crippen molar-refractivity contribution in [2.75, 3.05) is 23.3 Å². The predicted molar refractivity (Wildman–Crippen MR) is 109 cm³/mol. The monoisotopic (exact) mass is 376 g/mol. The number of rotatable bonds is 6. The fourth-order valence-electron chi connectivity index (χ4n) is 4.40. The molecule has 6 nitrogen and oxygen atoms in total. The van der Waals surface area contributed by atoms with Crippen LogP contribution in [0.3, 0.4) is 0 Å². The summed E-state index contributed by atoms with van der Waals surface area (Å²) in [6.07, 6.45) is 4.47. The molecule has 3 aliphatic rings. The lowest BCUT2D eigenvalue weighted by atomic mass is 9.79. The largest absolute Gasteiger partial charge is 0.477 e. The summed E-state index contributed by atoms with van der Waals surface area (Å²) in [5.41, 5.74) is 3.09. The predicted octanol–water partition coefficient (Wildman–Crippen LogP) is 4.15. The number of carboxylic acids is 1. The first-order valence-electron chi connectivity index (χ1n) is 10.0. The lowest BCUT2D eigenvalue weighted by Gasteiger charge is -2.31. The van der Waals surface area contributed by atoms with Gasteiger partial charge in [0.25, 0.3) is 0 Å². The minimum Gasteiger partial charge on any atom is -0.477 e. The number of pyridine rings is 1. The van der Waals surface area contributed by atoms with Crippen molar-refractivity contribution in [1.29, 1.82) is 5.41 Å². The van der Waals surface area contributed by atoms with E-state index in [1.54, 1.807) is 6.07 Å². The number of carbonyl (C=O) groups is 1. The number of piperidine rings is 1. The van der Waals surface area contributed by atoms with Crippen LogP contribution in [0.5, 0.6) is 0 Å². The Balaban J connectivity index is 1.62. The summed E-state index contributed by atoms with van der Waals surface area (Å²) in [6.45, 7) is 1.90. The van der Waals surface area contributed by atoms with E-state index in [9.17, 15) is 9.90 Å². The molecule has 144 valence electrons. The molecule has 2 unspecified atom stereocenters. The SMILES string of the molecule is N=C(c1c(N2CC3CC3C2)cc(C(=O)O)nc1Nc1ccccc1)C1CCC1. The lowest BCUT2D eigenvalue weighted by Crippen LogP contribution is -2.29. The number of anilines is 3. The summed E-state index contributed by atoms with van der Waals surface area (Å²) in [7, 11) is 0. The third kappa shape index (κ3) is 3.03. The maximum Gasteiger partial charge on any atom is 0.354 e. The smallest absolute Gasteiger partial charge is 0.354 e. The molecular weight excluding hydrogens is 352 g/mol. The van der Waals surface area contributed by atoms with Crippen molar-refractivity contribution in [3.63, 3.8) is 0 Å². The van der Waals surface area contributed by atoms with Gasteiger partial charge in [0, 0.05) is 30.4 Å². The summed E-state index contributed by atoms with van der Waals surface area (Å²) in [6, 6.07) is 11.3. The van der Waals surface area contributed by atoms with Crippen LogP contribution in [0.25, 0.3) is 0 Å². The number of benzene rings is 1. The molecule has 0 radical (unpaired) electrons. The lowest BCUT2D eigenvalue weighted by molar-refractivity contribution is 0.0690. The Morgan fingerprint density at radius 1 is 1.18 bits per heavy atom. The number of fused-ring (bicyclic) bond motifs is 1. The number of hydrogen-bond acceptors (Lipinski definition) is 5. The van der Waals surface area contributed by atoms with Crippen molar-refractivity contribution in [3.05, 3.63) is 47.7 Å². The molecule has 1 aromatic heterocycles. The van der Waals surface area contributed by atoms with Gasteiger partial charge in [0.15, 0.2) is 5.69 Å². The number of hydrogen-bond donors (Lipinski definition) is 3. The van der Waals surface area contributed by atoms with E-state index in [-0.39, 0.29) is 11.6 Å². The Morgan fingerprint density at radius 2 is 1.89 bits per heavy atom. The highest BCUT2D eigenvalue weighted by Gasteiger charge is 2.46. The van der Waals surface area contributed by atoms with Crippen LogP contribution in [0.2, 0.25) is 0 Å². The van der Waals surface area contributed by atoms with E-state index in [0.29, 0.717) is 11.5 Å². The molecule has 3 N–H and O–H groups in total. The molecule has 0 bridgehead atoms. The fraction of sp³-hybridized carbons (Fsp3) is 0.409. The molecule has 28 heavy (non-hydrogen) atoms. The van der Waals surface area contributed by atoms with Crippen LogP contribution < -0.4 is 10.2 Å². The maximum absolute atomic E-state index is 11.8. The molecule has 2 aromatic rings. The summed E-state index contributed by atoms with van der Waals surface area (Å²) < 4.78 is 0. The zero-order chi connectivity index (χ0) is 19.3. The van der Waals surface area contributed by atoms with E-state index in [4.69, 9.17) is 5.41 Å². The molecule has 2 atom stereocenters. The van der Waals surface area contributed by atoms with Gasteiger partial charge in [0.1, 0.15) is 5.82 Å². The van der Waals surface area contributed by atoms with Crippen LogP contribution in [0.1, 0.15) is 41.7 Å². The van der Waals surface area contributed by atoms with E-state index in [2.05, 4.69) is 15.2 Å². The average molecular weight is 376 g/mol. The van der Waals surface area contributed by atoms with Crippen molar-refractivity contribution in [2.24, 2.45) is 17.8 Å². The minimum absolute atomic E-state index is 0.0270. The molecule has 0 amide bonds. The van der Waals surface area contributed by atoms with Gasteiger partial charge in [-0.1, -0.05) is 24.6 Å². The number of nitrogens with zero attached hydrogens (tertiary/aromatic N) is 2. The highest BCUT2D eigenvalue weighted by Crippen LogP contribution is 2.48. The highest BCUT2D eigenvalue weighted by molar-refractivity contribution is 6.10. The van der Waals surface area contributed by atoms with Gasteiger partial charge < -0.3 is 20.7 Å². The van der Waals surface area contributed by atoms with E-state index in [0.717, 1.165) is 61.1 Å². The minimum atomic E-state index is -1.04. The van der Waals surface area contributed by atoms with Gasteiger partial charge in [-0.2, -0.15) is 0 Å². The number of carboxylic acid groups (broad SMARTS) is 1. The second kappa shape index (κ2) is 6.62. The van der Waals surface area contributed by atoms with Gasteiger partial charge in [-0.25, -0.2) is 9.78 Å². The highest BCUT2D eigenvalue weighted by atomic mass is 16.4. The fourth-order valence-corrected chi connectivity index (χ4v) is 4.40. The Bertz CT molecular complexity index is 929. The van der Waals surface area contributed by atoms with Crippen LogP contribution in [-0.2, 0) is 0 Å². The third-order valence-electron chi connectivity index (χ3n) is 6.36. The van der Waals surface area contributed by atoms with Gasteiger partial charge >= 0.3 is 5.97 Å². The molecule has 3 fully saturated rings. The summed E-state index contributed by atoms with van der Waals surface area (Å²) in [5, 5.41) is 21.8. The molecule has 1 saturated heterocycles. The van der Waals surface area contributed by atoms with Crippen LogP contribution in [0.4, 0.5) is 17.2 Å². The van der Waals surface area contributed by atoms with E-state index >= 15 is 0 Å². The zero-order valence-corrected chi connectivity index (χ0v) is 15.7. The molecule has 5 rings (SSSR count). The normalized spacial score (nSPS) is 23.1. The Morgan fingerprint density at radius 3 is 2.50 bits per heavy atom. The molecule has 1 aromatic carbocycles. The molecule has 2 heterocycles. The van der Waals surface area contributed by atoms with Gasteiger partial charge in [0.2, 0.25) is 0 Å². The second-order valence-electron chi connectivity index (χ2n) is 8.25. The number of aromatic nitrogens is 1. The Hall–Kier alpha value is -2.89. The summed E-state index contributed by atoms with van der Waals surface area (Å²) in [4.78, 5) is 18.4. The van der Waals surface area contributed by atoms with E-state index in [1.165, 1.54) is 6.42 Å². The van der Waals surface area contributed by atoms with Crippen LogP contribution in [0.15, 0.2) is 36.4 Å². The standard InChI is InChI=1S/C22H24N4O2/c23-20(13-5-4-6-13)19-18(26-11-14-9-15(14)12-26)10-17(22(27)28)25-21(19)24-16-7-2-1-3-8-16/h1-3,7-8,10,13-15,23H,4-6,9,11-12H2,(H,24,25)(H,27,28). The van der Waals surface area contributed by atoms with Gasteiger partial charge in [-0.05, 0) is 49.3 Å². The Kier molecular flexibility index (Phi) is 4.07. The topological polar surface area (TPSA) is 89.3 Å². The molecular formula is C22H24N4O2. The number of aromatic carboxylic acids is 1. The first-order chi connectivity index (χ1) is 13.6. The van der Waals surface area contributed by atoms with Crippen molar-refractivity contribution in [2.45, 2.75) is 25.7 Å². The Labute approximate surface area is 164 Å². The first-order valence-corrected chi connectivity index (χ1v) is 10.0. The third-order valence-corrected chi connectivity index (χ3v) is 6.36. The van der Waals surface area contributed by atoms with Crippen molar-refractivity contribution in [3.8, 4) is 0 Å². The number of nitrogens with one attached hydrogen (secondary N) is 2. The molecule has 0 spiro atoms. The van der Waals surface area contributed by atoms with Crippen molar-refractivity contribution >= 4 is 28.9 Å². The molecule has 2 saturated carbocycles. The summed E-state index contributed by atoms with van der Waals surface area (Å²) in [5.74, 6) is 1.13. The van der Waals surface area contributed by atoms with Crippen LogP contribution >= 0.6 is 0 Å². The van der Waals surface area contributed by atoms with Crippen molar-refractivity contribution in [1.82, 2.24) is 4.98 Å². The van der Waals surface area contributed by atoms with Crippen molar-refractivity contribution < 1.29 is 9.90 Å². The first kappa shape index (κ1) is 17.2. The number of para-hydroxylation sites is 1. The van der Waals surface area contributed by atoms with Gasteiger partial charge in [0.05, 0.1) is 11.3 Å². The van der Waals surface area contributed by atoms with Gasteiger partial charge in [-0.15, -0.1) is 0 Å². The van der Waals surface area contributed by atoms with E-state index in [1.807, 2.05) is 30.3 Å².